The van der Waals surface area contributed by atoms with Crippen LogP contribution in [-0.4, -0.2) is 91.7 Å². The van der Waals surface area contributed by atoms with E-state index in [0.717, 1.165) is 24.1 Å². The molecule has 7 heteroatoms. The smallest absolute Gasteiger partial charge is 0.146 e. The Morgan fingerprint density at radius 3 is 1.18 bits per heavy atom. The molecule has 7 nitrogen and oxygen atoms in total. The second kappa shape index (κ2) is 14.3. The first-order chi connectivity index (χ1) is 10.6. The molecule has 0 saturated heterocycles. The van der Waals surface area contributed by atoms with Gasteiger partial charge in [0.05, 0.1) is 25.9 Å². The van der Waals surface area contributed by atoms with Gasteiger partial charge >= 0.3 is 0 Å². The highest BCUT2D eigenvalue weighted by Gasteiger charge is 2.30. The van der Waals surface area contributed by atoms with Gasteiger partial charge in [-0.05, 0) is 13.8 Å². The summed E-state index contributed by atoms with van der Waals surface area (Å²) in [5, 5.41) is 0. The third-order valence-electron chi connectivity index (χ3n) is 3.74. The third kappa shape index (κ3) is 9.68. The molecule has 0 spiro atoms. The standard InChI is InChI=1S/C15H34NO6/c1-15(2)16(6-9-20-12-17-3,7-10-21-13-18-4)8-11-22-14-19-5/h15H,6-14H2,1-5H3/q+1. The lowest BCUT2D eigenvalue weighted by Crippen LogP contribution is -2.58. The molecule has 0 aliphatic heterocycles. The molecule has 0 atom stereocenters. The largest absolute Gasteiger partial charge is 0.359 e. The molecule has 134 valence electrons. The third-order valence-corrected chi connectivity index (χ3v) is 3.74. The quantitative estimate of drug-likeness (QED) is 0.240. The van der Waals surface area contributed by atoms with Gasteiger partial charge in [-0.3, -0.25) is 0 Å². The van der Waals surface area contributed by atoms with E-state index in [1.165, 1.54) is 0 Å². The number of hydrogen-bond donors (Lipinski definition) is 0. The van der Waals surface area contributed by atoms with Crippen molar-refractivity contribution < 1.29 is 32.9 Å². The lowest BCUT2D eigenvalue weighted by Gasteiger charge is -2.42. The zero-order chi connectivity index (χ0) is 16.7. The van der Waals surface area contributed by atoms with Gasteiger partial charge in [-0.1, -0.05) is 0 Å². The van der Waals surface area contributed by atoms with Crippen LogP contribution in [0, 0.1) is 0 Å². The predicted molar refractivity (Wildman–Crippen MR) is 83.5 cm³/mol. The second-order valence-electron chi connectivity index (χ2n) is 5.43. The highest BCUT2D eigenvalue weighted by Crippen LogP contribution is 2.14. The Morgan fingerprint density at radius 2 is 0.955 bits per heavy atom. The molecule has 0 rings (SSSR count). The van der Waals surface area contributed by atoms with Gasteiger partial charge in [0, 0.05) is 21.3 Å². The van der Waals surface area contributed by atoms with E-state index in [1.54, 1.807) is 21.3 Å². The summed E-state index contributed by atoms with van der Waals surface area (Å²) in [6.07, 6.45) is 0. The summed E-state index contributed by atoms with van der Waals surface area (Å²) < 4.78 is 32.1. The Labute approximate surface area is 134 Å². The molecular formula is C15H34NO6+. The van der Waals surface area contributed by atoms with Gasteiger partial charge in [0.2, 0.25) is 0 Å². The molecular weight excluding hydrogens is 290 g/mol. The number of nitrogens with zero attached hydrogens (tertiary/aromatic N) is 1. The fourth-order valence-corrected chi connectivity index (χ4v) is 2.28. The second-order valence-corrected chi connectivity index (χ2v) is 5.43. The minimum absolute atomic E-state index is 0.318. The molecule has 0 aliphatic carbocycles. The number of methoxy groups -OCH3 is 3. The Kier molecular flexibility index (Phi) is 14.1. The van der Waals surface area contributed by atoms with Gasteiger partial charge in [0.25, 0.3) is 0 Å². The van der Waals surface area contributed by atoms with Gasteiger partial charge < -0.3 is 32.9 Å². The molecule has 0 heterocycles. The number of ether oxygens (including phenoxy) is 6. The van der Waals surface area contributed by atoms with Crippen molar-refractivity contribution in [1.82, 2.24) is 0 Å². The monoisotopic (exact) mass is 324 g/mol. The van der Waals surface area contributed by atoms with E-state index >= 15 is 0 Å². The minimum atomic E-state index is 0.318. The molecule has 0 aromatic carbocycles. The van der Waals surface area contributed by atoms with Crippen molar-refractivity contribution in [2.75, 3.05) is 81.2 Å². The summed E-state index contributed by atoms with van der Waals surface area (Å²) in [5.41, 5.74) is 0. The van der Waals surface area contributed by atoms with Crippen LogP contribution in [0.2, 0.25) is 0 Å². The molecule has 0 aromatic rings. The van der Waals surface area contributed by atoms with Crippen molar-refractivity contribution in [1.29, 1.82) is 0 Å². The SMILES string of the molecule is COCOCC[N+](CCOCOC)(CCOCOC)C(C)C. The van der Waals surface area contributed by atoms with Crippen LogP contribution in [0.25, 0.3) is 0 Å². The van der Waals surface area contributed by atoms with Crippen LogP contribution in [0.4, 0.5) is 0 Å². The minimum Gasteiger partial charge on any atom is -0.359 e. The summed E-state index contributed by atoms with van der Waals surface area (Å²) in [5.74, 6) is 0. The zero-order valence-corrected chi connectivity index (χ0v) is 14.8. The van der Waals surface area contributed by atoms with Crippen molar-refractivity contribution in [3.05, 3.63) is 0 Å². The number of quaternary nitrogens is 1. The van der Waals surface area contributed by atoms with Crippen LogP contribution in [0.1, 0.15) is 13.8 Å². The number of hydrogen-bond acceptors (Lipinski definition) is 6. The molecule has 0 unspecified atom stereocenters. The van der Waals surface area contributed by atoms with E-state index in [9.17, 15) is 0 Å². The van der Waals surface area contributed by atoms with Crippen molar-refractivity contribution in [2.45, 2.75) is 19.9 Å². The van der Waals surface area contributed by atoms with Crippen LogP contribution in [-0.2, 0) is 28.4 Å². The lowest BCUT2D eigenvalue weighted by atomic mass is 10.2. The Bertz CT molecular complexity index is 209. The number of rotatable bonds is 16. The predicted octanol–water partition coefficient (Wildman–Crippen LogP) is 1.07. The van der Waals surface area contributed by atoms with Gasteiger partial charge in [0.15, 0.2) is 0 Å². The van der Waals surface area contributed by atoms with E-state index in [0.29, 0.717) is 46.2 Å². The highest BCUT2D eigenvalue weighted by molar-refractivity contribution is 4.51. The van der Waals surface area contributed by atoms with Crippen molar-refractivity contribution in [3.8, 4) is 0 Å². The van der Waals surface area contributed by atoms with E-state index in [1.807, 2.05) is 0 Å². The van der Waals surface area contributed by atoms with Gasteiger partial charge in [-0.2, -0.15) is 0 Å². The first-order valence-electron chi connectivity index (χ1n) is 7.68. The molecule has 0 amide bonds. The lowest BCUT2D eigenvalue weighted by molar-refractivity contribution is -0.948. The van der Waals surface area contributed by atoms with Crippen molar-refractivity contribution >= 4 is 0 Å². The van der Waals surface area contributed by atoms with Crippen molar-refractivity contribution in [2.24, 2.45) is 0 Å². The summed E-state index contributed by atoms with van der Waals surface area (Å²) >= 11 is 0. The van der Waals surface area contributed by atoms with Crippen LogP contribution >= 0.6 is 0 Å². The van der Waals surface area contributed by atoms with E-state index in [-0.39, 0.29) is 0 Å². The summed E-state index contributed by atoms with van der Waals surface area (Å²) in [6.45, 7) is 9.94. The normalized spacial score (nSPS) is 12.3. The molecule has 22 heavy (non-hydrogen) atoms. The van der Waals surface area contributed by atoms with Crippen LogP contribution in [0.5, 0.6) is 0 Å². The fraction of sp³-hybridized carbons (Fsp3) is 1.00. The summed E-state index contributed by atoms with van der Waals surface area (Å²) in [7, 11) is 4.88. The Morgan fingerprint density at radius 1 is 0.636 bits per heavy atom. The van der Waals surface area contributed by atoms with Gasteiger partial charge in [0.1, 0.15) is 40.0 Å². The first kappa shape index (κ1) is 21.7. The molecule has 0 aliphatic rings. The first-order valence-corrected chi connectivity index (χ1v) is 7.68. The summed E-state index contributed by atoms with van der Waals surface area (Å²) in [4.78, 5) is 0. The Hall–Kier alpha value is -0.280. The summed E-state index contributed by atoms with van der Waals surface area (Å²) in [6, 6.07) is 0.434. The molecule has 0 radical (unpaired) electrons. The maximum absolute atomic E-state index is 5.47. The van der Waals surface area contributed by atoms with Crippen LogP contribution < -0.4 is 0 Å². The topological polar surface area (TPSA) is 55.4 Å². The maximum Gasteiger partial charge on any atom is 0.146 e. The average Bonchev–Trinajstić information content (AvgIpc) is 2.51. The highest BCUT2D eigenvalue weighted by atomic mass is 16.7. The van der Waals surface area contributed by atoms with Gasteiger partial charge in [-0.25, -0.2) is 0 Å². The van der Waals surface area contributed by atoms with Crippen molar-refractivity contribution in [3.63, 3.8) is 0 Å². The maximum atomic E-state index is 5.47. The molecule has 0 aromatic heterocycles. The fourth-order valence-electron chi connectivity index (χ4n) is 2.28. The van der Waals surface area contributed by atoms with E-state index < -0.39 is 0 Å². The van der Waals surface area contributed by atoms with Gasteiger partial charge in [-0.15, -0.1) is 0 Å². The van der Waals surface area contributed by atoms with E-state index in [2.05, 4.69) is 13.8 Å². The van der Waals surface area contributed by atoms with E-state index in [4.69, 9.17) is 28.4 Å². The molecule has 0 N–H and O–H groups in total. The van der Waals surface area contributed by atoms with Crippen LogP contribution in [0.15, 0.2) is 0 Å². The zero-order valence-electron chi connectivity index (χ0n) is 14.8. The average molecular weight is 324 g/mol. The molecule has 0 fully saturated rings. The Balaban J connectivity index is 4.48. The molecule has 0 bridgehead atoms. The molecule has 0 saturated carbocycles. The van der Waals surface area contributed by atoms with Crippen LogP contribution in [0.3, 0.4) is 0 Å².